The van der Waals surface area contributed by atoms with E-state index in [0.29, 0.717) is 38.5 Å². The minimum atomic E-state index is -0.429. The third kappa shape index (κ3) is 3.82. The minimum Gasteiger partial charge on any atom is -0.340 e. The van der Waals surface area contributed by atoms with Gasteiger partial charge in [-0.15, -0.1) is 11.3 Å². The monoisotopic (exact) mass is 477 g/mol. The molecule has 0 radical (unpaired) electrons. The Bertz CT molecular complexity index is 1340. The molecule has 1 saturated heterocycles. The molecular formula is C25H27N5O3S. The number of rotatable bonds is 3. The summed E-state index contributed by atoms with van der Waals surface area (Å²) in [7, 11) is 0. The van der Waals surface area contributed by atoms with Crippen molar-refractivity contribution in [1.82, 2.24) is 19.8 Å². The van der Waals surface area contributed by atoms with Crippen molar-refractivity contribution in [2.75, 3.05) is 31.5 Å². The third-order valence-electron chi connectivity index (χ3n) is 7.23. The quantitative estimate of drug-likeness (QED) is 0.604. The first-order chi connectivity index (χ1) is 16.6. The summed E-state index contributed by atoms with van der Waals surface area (Å²) in [5.41, 5.74) is 2.80. The van der Waals surface area contributed by atoms with E-state index in [0.717, 1.165) is 40.7 Å². The van der Waals surface area contributed by atoms with Crippen molar-refractivity contribution >= 4 is 39.1 Å². The molecule has 34 heavy (non-hydrogen) atoms. The van der Waals surface area contributed by atoms with Crippen LogP contribution in [0.15, 0.2) is 29.1 Å². The Morgan fingerprint density at radius 2 is 1.88 bits per heavy atom. The smallest absolute Gasteiger partial charge is 0.259 e. The van der Waals surface area contributed by atoms with Gasteiger partial charge in [0.05, 0.1) is 17.8 Å². The highest BCUT2D eigenvalue weighted by molar-refractivity contribution is 7.18. The van der Waals surface area contributed by atoms with Crippen molar-refractivity contribution in [2.24, 2.45) is 0 Å². The number of aromatic amines is 1. The lowest BCUT2D eigenvalue weighted by Gasteiger charge is -2.37. The number of aromatic nitrogens is 2. The number of carbonyl (C=O) groups is 2. The van der Waals surface area contributed by atoms with Crippen molar-refractivity contribution in [3.63, 3.8) is 0 Å². The average Bonchev–Trinajstić information content (AvgIpc) is 3.22. The maximum Gasteiger partial charge on any atom is 0.259 e. The first-order valence-electron chi connectivity index (χ1n) is 12.0. The summed E-state index contributed by atoms with van der Waals surface area (Å²) in [5.74, 6) is 0.158. The number of fused-ring (bicyclic) bond motifs is 4. The largest absolute Gasteiger partial charge is 0.340 e. The fourth-order valence-corrected chi connectivity index (χ4v) is 6.75. The lowest BCUT2D eigenvalue weighted by molar-refractivity contribution is -0.136. The summed E-state index contributed by atoms with van der Waals surface area (Å²) in [6.07, 6.45) is 4.54. The molecule has 3 aromatic rings. The topological polar surface area (TPSA) is 98.4 Å². The van der Waals surface area contributed by atoms with E-state index in [9.17, 15) is 14.4 Å². The van der Waals surface area contributed by atoms with Crippen LogP contribution in [0.3, 0.4) is 0 Å². The van der Waals surface area contributed by atoms with E-state index in [1.54, 1.807) is 11.3 Å². The molecule has 9 heteroatoms. The van der Waals surface area contributed by atoms with Gasteiger partial charge in [0.25, 0.3) is 5.56 Å². The number of hydrogen-bond donors (Lipinski definition) is 2. The minimum absolute atomic E-state index is 0.0130. The third-order valence-corrected chi connectivity index (χ3v) is 8.42. The molecule has 1 aliphatic carbocycles. The lowest BCUT2D eigenvalue weighted by atomic mass is 9.89. The summed E-state index contributed by atoms with van der Waals surface area (Å²) < 4.78 is 0. The van der Waals surface area contributed by atoms with Crippen molar-refractivity contribution < 1.29 is 9.59 Å². The van der Waals surface area contributed by atoms with Crippen LogP contribution in [0.25, 0.3) is 10.2 Å². The van der Waals surface area contributed by atoms with Gasteiger partial charge in [0.1, 0.15) is 10.7 Å². The Hall–Kier alpha value is -3.04. The van der Waals surface area contributed by atoms with Gasteiger partial charge in [-0.2, -0.15) is 0 Å². The van der Waals surface area contributed by atoms with E-state index < -0.39 is 5.92 Å². The molecule has 1 aromatic carbocycles. The van der Waals surface area contributed by atoms with Gasteiger partial charge in [-0.25, -0.2) is 4.98 Å². The number of hydrogen-bond acceptors (Lipinski definition) is 6. The predicted octanol–water partition coefficient (Wildman–Crippen LogP) is 2.63. The standard InChI is InChI=1S/C25H27N5O3S/c31-21-13-17(15-5-1-3-7-18(15)26-21)25(33)30-11-9-29(10-12-30)14-20-27-23(32)22-16-6-2-4-8-19(16)34-24(22)28-20/h1,3,5,7,17H,2,4,6,8-14H2,(H,26,31)(H,27,28,32). The zero-order chi connectivity index (χ0) is 23.2. The van der Waals surface area contributed by atoms with E-state index in [1.807, 2.05) is 29.2 Å². The second-order valence-electron chi connectivity index (χ2n) is 9.40. The summed E-state index contributed by atoms with van der Waals surface area (Å²) >= 11 is 1.67. The molecule has 2 aliphatic heterocycles. The van der Waals surface area contributed by atoms with Gasteiger partial charge < -0.3 is 15.2 Å². The summed E-state index contributed by atoms with van der Waals surface area (Å²) in [5, 5.41) is 3.65. The van der Waals surface area contributed by atoms with Crippen molar-refractivity contribution in [2.45, 2.75) is 44.6 Å². The van der Waals surface area contributed by atoms with Crippen LogP contribution in [0.5, 0.6) is 0 Å². The fraction of sp³-hybridized carbons (Fsp3) is 0.440. The Balaban J connectivity index is 1.13. The number of benzene rings is 1. The second kappa shape index (κ2) is 8.63. The zero-order valence-corrected chi connectivity index (χ0v) is 19.7. The van der Waals surface area contributed by atoms with Gasteiger partial charge in [0, 0.05) is 43.2 Å². The number of nitrogens with one attached hydrogen (secondary N) is 2. The highest BCUT2D eigenvalue weighted by atomic mass is 32.1. The molecule has 176 valence electrons. The normalized spacial score (nSPS) is 20.6. The number of anilines is 1. The van der Waals surface area contributed by atoms with Gasteiger partial charge in [0.15, 0.2) is 0 Å². The highest BCUT2D eigenvalue weighted by Crippen LogP contribution is 2.34. The van der Waals surface area contributed by atoms with Gasteiger partial charge in [-0.3, -0.25) is 19.3 Å². The first kappa shape index (κ1) is 21.5. The molecule has 2 aromatic heterocycles. The Morgan fingerprint density at radius 1 is 1.09 bits per heavy atom. The molecule has 4 heterocycles. The number of carbonyl (C=O) groups excluding carboxylic acids is 2. The molecule has 0 saturated carbocycles. The lowest BCUT2D eigenvalue weighted by Crippen LogP contribution is -2.50. The van der Waals surface area contributed by atoms with Gasteiger partial charge in [0.2, 0.25) is 11.8 Å². The molecule has 6 rings (SSSR count). The van der Waals surface area contributed by atoms with Gasteiger partial charge >= 0.3 is 0 Å². The SMILES string of the molecule is O=C1CC(C(=O)N2CCN(Cc3nc4sc5c(c4c(=O)[nH]3)CCCC5)CC2)c2ccccc2N1. The molecular weight excluding hydrogens is 450 g/mol. The molecule has 1 atom stereocenters. The Kier molecular flexibility index (Phi) is 5.45. The number of nitrogens with zero attached hydrogens (tertiary/aromatic N) is 3. The first-order valence-corrected chi connectivity index (χ1v) is 12.8. The molecule has 0 spiro atoms. The van der Waals surface area contributed by atoms with Gasteiger partial charge in [-0.1, -0.05) is 18.2 Å². The number of thiophene rings is 1. The van der Waals surface area contributed by atoms with Crippen LogP contribution in [0.4, 0.5) is 5.69 Å². The Morgan fingerprint density at radius 3 is 2.74 bits per heavy atom. The summed E-state index contributed by atoms with van der Waals surface area (Å²) in [6.45, 7) is 3.16. The van der Waals surface area contributed by atoms with E-state index in [-0.39, 0.29) is 23.8 Å². The fourth-order valence-electron chi connectivity index (χ4n) is 5.47. The number of aryl methyl sites for hydroxylation is 2. The molecule has 1 fully saturated rings. The van der Waals surface area contributed by atoms with Crippen molar-refractivity contribution in [1.29, 1.82) is 0 Å². The van der Waals surface area contributed by atoms with Crippen molar-refractivity contribution in [3.05, 3.63) is 56.4 Å². The maximum atomic E-state index is 13.3. The molecule has 0 bridgehead atoms. The highest BCUT2D eigenvalue weighted by Gasteiger charge is 2.34. The Labute approximate surface area is 201 Å². The van der Waals surface area contributed by atoms with E-state index in [2.05, 4.69) is 15.2 Å². The van der Waals surface area contributed by atoms with Crippen LogP contribution in [0.1, 0.15) is 47.0 Å². The summed E-state index contributed by atoms with van der Waals surface area (Å²) in [6, 6.07) is 7.54. The van der Waals surface area contributed by atoms with E-state index >= 15 is 0 Å². The molecule has 1 unspecified atom stereocenters. The number of para-hydroxylation sites is 1. The summed E-state index contributed by atoms with van der Waals surface area (Å²) in [4.78, 5) is 52.3. The number of piperazine rings is 1. The van der Waals surface area contributed by atoms with Crippen LogP contribution in [-0.2, 0) is 29.0 Å². The molecule has 3 aliphatic rings. The van der Waals surface area contributed by atoms with E-state index in [4.69, 9.17) is 4.98 Å². The molecule has 2 amide bonds. The molecule has 2 N–H and O–H groups in total. The zero-order valence-electron chi connectivity index (χ0n) is 18.9. The van der Waals surface area contributed by atoms with Crippen LogP contribution in [0, 0.1) is 0 Å². The van der Waals surface area contributed by atoms with Crippen LogP contribution < -0.4 is 10.9 Å². The number of H-pyrrole nitrogens is 1. The average molecular weight is 478 g/mol. The van der Waals surface area contributed by atoms with Crippen LogP contribution >= 0.6 is 11.3 Å². The number of amides is 2. The van der Waals surface area contributed by atoms with Gasteiger partial charge in [-0.05, 0) is 42.9 Å². The van der Waals surface area contributed by atoms with Crippen LogP contribution in [0.2, 0.25) is 0 Å². The predicted molar refractivity (Wildman–Crippen MR) is 131 cm³/mol. The second-order valence-corrected chi connectivity index (χ2v) is 10.5. The van der Waals surface area contributed by atoms with E-state index in [1.165, 1.54) is 16.9 Å². The maximum absolute atomic E-state index is 13.3. The van der Waals surface area contributed by atoms with Crippen molar-refractivity contribution in [3.8, 4) is 0 Å². The van der Waals surface area contributed by atoms with Crippen LogP contribution in [-0.4, -0.2) is 57.8 Å². The molecule has 8 nitrogen and oxygen atoms in total.